The van der Waals surface area contributed by atoms with E-state index in [9.17, 15) is 0 Å². The first-order valence-corrected chi connectivity index (χ1v) is 5.30. The second-order valence-corrected chi connectivity index (χ2v) is 3.80. The fraction of sp³-hybridized carbons (Fsp3) is 0.143. The molecule has 1 heteroatoms. The van der Waals surface area contributed by atoms with Crippen molar-refractivity contribution in [3.8, 4) is 0 Å². The minimum Gasteiger partial charge on any atom is -0.354 e. The van der Waals surface area contributed by atoms with E-state index in [0.29, 0.717) is 0 Å². The molecule has 0 spiro atoms. The van der Waals surface area contributed by atoms with Gasteiger partial charge in [0.2, 0.25) is 0 Å². The first-order chi connectivity index (χ1) is 7.38. The van der Waals surface area contributed by atoms with Crippen LogP contribution in [0.2, 0.25) is 0 Å². The summed E-state index contributed by atoms with van der Waals surface area (Å²) in [5, 5.41) is 2.55. The molecule has 0 aliphatic rings. The van der Waals surface area contributed by atoms with E-state index in [4.69, 9.17) is 0 Å². The number of hydrogen-bond acceptors (Lipinski definition) is 0. The van der Waals surface area contributed by atoms with Crippen molar-refractivity contribution in [2.24, 2.45) is 0 Å². The molecule has 0 unspecified atom stereocenters. The number of benzene rings is 2. The van der Waals surface area contributed by atoms with Gasteiger partial charge >= 0.3 is 0 Å². The molecular weight excluding hydrogens is 182 g/mol. The smallest absolute Gasteiger partial charge is 0.0548 e. The summed E-state index contributed by atoms with van der Waals surface area (Å²) in [6.45, 7) is 2.15. The predicted octanol–water partition coefficient (Wildman–Crippen LogP) is 3.68. The molecule has 1 aromatic heterocycles. The van der Waals surface area contributed by atoms with E-state index in [1.54, 1.807) is 0 Å². The van der Waals surface area contributed by atoms with Crippen LogP contribution in [-0.2, 0) is 6.42 Å². The molecule has 1 radical (unpaired) electrons. The normalized spacial score (nSPS) is 11.3. The van der Waals surface area contributed by atoms with Crippen molar-refractivity contribution in [3.63, 3.8) is 0 Å². The van der Waals surface area contributed by atoms with Gasteiger partial charge < -0.3 is 4.98 Å². The monoisotopic (exact) mass is 194 g/mol. The van der Waals surface area contributed by atoms with Gasteiger partial charge in [0.05, 0.1) is 5.52 Å². The molecule has 2 aromatic carbocycles. The third-order valence-corrected chi connectivity index (χ3v) is 2.86. The molecule has 0 saturated heterocycles. The molecule has 1 heterocycles. The van der Waals surface area contributed by atoms with Crippen LogP contribution in [0, 0.1) is 6.07 Å². The molecule has 0 aliphatic carbocycles. The second kappa shape index (κ2) is 3.13. The SMILES string of the molecule is CCc1[c]c2[nH]c3ccccc3c2cc1. The van der Waals surface area contributed by atoms with Crippen LogP contribution >= 0.6 is 0 Å². The Morgan fingerprint density at radius 1 is 1.07 bits per heavy atom. The van der Waals surface area contributed by atoms with Gasteiger partial charge in [0.1, 0.15) is 0 Å². The van der Waals surface area contributed by atoms with Crippen molar-refractivity contribution >= 4 is 21.8 Å². The van der Waals surface area contributed by atoms with Gasteiger partial charge in [-0.05, 0) is 18.1 Å². The zero-order valence-electron chi connectivity index (χ0n) is 8.67. The van der Waals surface area contributed by atoms with E-state index in [1.807, 2.05) is 0 Å². The summed E-state index contributed by atoms with van der Waals surface area (Å²) >= 11 is 0. The van der Waals surface area contributed by atoms with Gasteiger partial charge in [-0.1, -0.05) is 37.3 Å². The van der Waals surface area contributed by atoms with Crippen LogP contribution in [0.5, 0.6) is 0 Å². The van der Waals surface area contributed by atoms with Crippen molar-refractivity contribution in [2.75, 3.05) is 0 Å². The van der Waals surface area contributed by atoms with E-state index >= 15 is 0 Å². The summed E-state index contributed by atoms with van der Waals surface area (Å²) in [4.78, 5) is 3.40. The molecule has 0 saturated carbocycles. The van der Waals surface area contributed by atoms with Crippen molar-refractivity contribution in [1.29, 1.82) is 0 Å². The zero-order chi connectivity index (χ0) is 10.3. The van der Waals surface area contributed by atoms with Crippen molar-refractivity contribution < 1.29 is 0 Å². The van der Waals surface area contributed by atoms with E-state index < -0.39 is 0 Å². The molecule has 15 heavy (non-hydrogen) atoms. The van der Waals surface area contributed by atoms with Crippen molar-refractivity contribution in [2.45, 2.75) is 13.3 Å². The van der Waals surface area contributed by atoms with Crippen LogP contribution in [0.25, 0.3) is 21.8 Å². The number of aromatic nitrogens is 1. The number of H-pyrrole nitrogens is 1. The van der Waals surface area contributed by atoms with Crippen LogP contribution in [0.3, 0.4) is 0 Å². The number of rotatable bonds is 1. The maximum atomic E-state index is 3.41. The standard InChI is InChI=1S/C14H12N/c1-2-10-7-8-12-11-5-3-4-6-13(11)15-14(12)9-10/h3-8,15H,2H2,1H3. The molecule has 1 nitrogen and oxygen atoms in total. The van der Waals surface area contributed by atoms with E-state index in [0.717, 1.165) is 11.9 Å². The summed E-state index contributed by atoms with van der Waals surface area (Å²) < 4.78 is 0. The Morgan fingerprint density at radius 2 is 1.93 bits per heavy atom. The number of nitrogens with one attached hydrogen (secondary N) is 1. The lowest BCUT2D eigenvalue weighted by atomic mass is 10.1. The van der Waals surface area contributed by atoms with Gasteiger partial charge in [-0.3, -0.25) is 0 Å². The highest BCUT2D eigenvalue weighted by molar-refractivity contribution is 6.06. The lowest BCUT2D eigenvalue weighted by molar-refractivity contribution is 1.14. The quantitative estimate of drug-likeness (QED) is 0.608. The van der Waals surface area contributed by atoms with Gasteiger partial charge in [0, 0.05) is 22.4 Å². The van der Waals surface area contributed by atoms with Crippen molar-refractivity contribution in [1.82, 2.24) is 4.98 Å². The Morgan fingerprint density at radius 3 is 2.80 bits per heavy atom. The number of aromatic amines is 1. The zero-order valence-corrected chi connectivity index (χ0v) is 8.67. The Kier molecular flexibility index (Phi) is 1.78. The van der Waals surface area contributed by atoms with Crippen LogP contribution in [0.15, 0.2) is 36.4 Å². The Labute approximate surface area is 88.7 Å². The van der Waals surface area contributed by atoms with Crippen LogP contribution < -0.4 is 0 Å². The molecule has 3 aromatic rings. The largest absolute Gasteiger partial charge is 0.354 e. The van der Waals surface area contributed by atoms with Crippen molar-refractivity contribution in [3.05, 3.63) is 48.0 Å². The Balaban J connectivity index is 2.43. The first-order valence-electron chi connectivity index (χ1n) is 5.30. The fourth-order valence-corrected chi connectivity index (χ4v) is 2.03. The summed E-state index contributed by atoms with van der Waals surface area (Å²) in [6, 6.07) is 16.1. The summed E-state index contributed by atoms with van der Waals surface area (Å²) in [6.07, 6.45) is 1.03. The predicted molar refractivity (Wildman–Crippen MR) is 64.0 cm³/mol. The Bertz CT molecular complexity index is 619. The van der Waals surface area contributed by atoms with E-state index in [1.165, 1.54) is 21.9 Å². The van der Waals surface area contributed by atoms with Crippen LogP contribution in [-0.4, -0.2) is 4.98 Å². The number of hydrogen-bond donors (Lipinski definition) is 1. The molecule has 0 amide bonds. The molecule has 3 rings (SSSR count). The summed E-state index contributed by atoms with van der Waals surface area (Å²) in [5.74, 6) is 0. The van der Waals surface area contributed by atoms with Gasteiger partial charge in [-0.25, -0.2) is 0 Å². The number of para-hydroxylation sites is 1. The maximum absolute atomic E-state index is 3.41. The fourth-order valence-electron chi connectivity index (χ4n) is 2.03. The Hall–Kier alpha value is -1.76. The molecule has 0 aliphatic heterocycles. The summed E-state index contributed by atoms with van der Waals surface area (Å²) in [5.41, 5.74) is 3.57. The lowest BCUT2D eigenvalue weighted by Crippen LogP contribution is -1.79. The second-order valence-electron chi connectivity index (χ2n) is 3.80. The number of fused-ring (bicyclic) bond motifs is 3. The molecule has 73 valence electrons. The van der Waals surface area contributed by atoms with Gasteiger partial charge in [0.25, 0.3) is 0 Å². The van der Waals surface area contributed by atoms with Gasteiger partial charge in [-0.2, -0.15) is 0 Å². The van der Waals surface area contributed by atoms with E-state index in [2.05, 4.69) is 54.4 Å². The number of aryl methyl sites for hydroxylation is 1. The van der Waals surface area contributed by atoms with Gasteiger partial charge in [0.15, 0.2) is 0 Å². The highest BCUT2D eigenvalue weighted by Crippen LogP contribution is 2.25. The molecule has 0 fully saturated rings. The third-order valence-electron chi connectivity index (χ3n) is 2.86. The van der Waals surface area contributed by atoms with Crippen LogP contribution in [0.1, 0.15) is 12.5 Å². The molecule has 0 atom stereocenters. The maximum Gasteiger partial charge on any atom is 0.0548 e. The highest BCUT2D eigenvalue weighted by Gasteiger charge is 2.03. The third kappa shape index (κ3) is 1.23. The molecular formula is C14H12N. The minimum atomic E-state index is 1.03. The summed E-state index contributed by atoms with van der Waals surface area (Å²) in [7, 11) is 0. The van der Waals surface area contributed by atoms with E-state index in [-0.39, 0.29) is 0 Å². The molecule has 0 bridgehead atoms. The van der Waals surface area contributed by atoms with Gasteiger partial charge in [-0.15, -0.1) is 0 Å². The topological polar surface area (TPSA) is 15.8 Å². The first kappa shape index (κ1) is 8.54. The highest BCUT2D eigenvalue weighted by atomic mass is 14.7. The minimum absolute atomic E-state index is 1.03. The average molecular weight is 194 g/mol. The van der Waals surface area contributed by atoms with Crippen LogP contribution in [0.4, 0.5) is 0 Å². The average Bonchev–Trinajstić information content (AvgIpc) is 2.66. The molecule has 1 N–H and O–H groups in total. The lowest BCUT2D eigenvalue weighted by Gasteiger charge is -1.95.